The molecule has 2 rings (SSSR count). The Kier molecular flexibility index (Phi) is 7.31. The number of rotatable bonds is 8. The van der Waals surface area contributed by atoms with Crippen molar-refractivity contribution in [3.63, 3.8) is 0 Å². The second-order valence-electron chi connectivity index (χ2n) is 6.22. The van der Waals surface area contributed by atoms with E-state index in [1.807, 2.05) is 26.0 Å². The zero-order valence-corrected chi connectivity index (χ0v) is 17.0. The Labute approximate surface area is 165 Å². The number of amides is 1. The van der Waals surface area contributed by atoms with Crippen LogP contribution in [0.25, 0.3) is 0 Å². The van der Waals surface area contributed by atoms with E-state index < -0.39 is 21.9 Å². The fraction of sp³-hybridized carbons (Fsp3) is 0.300. The molecule has 0 saturated heterocycles. The molecule has 8 heteroatoms. The smallest absolute Gasteiger partial charge is 0.337 e. The van der Waals surface area contributed by atoms with Gasteiger partial charge >= 0.3 is 5.97 Å². The Morgan fingerprint density at radius 2 is 1.82 bits per heavy atom. The lowest BCUT2D eigenvalue weighted by atomic mass is 10.2. The normalized spacial score (nSPS) is 11.3. The number of carbonyl (C=O) groups excluding carboxylic acids is 2. The number of esters is 1. The number of hydrogen-bond donors (Lipinski definition) is 1. The zero-order valence-electron chi connectivity index (χ0n) is 16.1. The van der Waals surface area contributed by atoms with E-state index in [-0.39, 0.29) is 23.5 Å². The van der Waals surface area contributed by atoms with Gasteiger partial charge in [-0.05, 0) is 43.2 Å². The molecule has 150 valence electrons. The Hall–Kier alpha value is -2.71. The summed E-state index contributed by atoms with van der Waals surface area (Å²) >= 11 is 0. The highest BCUT2D eigenvalue weighted by Gasteiger charge is 2.27. The van der Waals surface area contributed by atoms with E-state index in [1.54, 1.807) is 12.1 Å². The monoisotopic (exact) mass is 404 g/mol. The highest BCUT2D eigenvalue weighted by molar-refractivity contribution is 7.89. The summed E-state index contributed by atoms with van der Waals surface area (Å²) in [5, 5.41) is 2.74. The van der Waals surface area contributed by atoms with E-state index in [9.17, 15) is 18.0 Å². The lowest BCUT2D eigenvalue weighted by molar-refractivity contribution is -0.116. The minimum Gasteiger partial charge on any atom is -0.465 e. The Bertz CT molecular complexity index is 957. The second kappa shape index (κ2) is 9.48. The molecule has 0 fully saturated rings. The SMILES string of the molecule is CCCN(CC(=O)Nc1ccccc1C)S(=O)(=O)c1cccc(C(=O)OC)c1. The number of anilines is 1. The van der Waals surface area contributed by atoms with Gasteiger partial charge in [-0.15, -0.1) is 0 Å². The molecule has 1 N–H and O–H groups in total. The summed E-state index contributed by atoms with van der Waals surface area (Å²) in [6, 6.07) is 12.8. The van der Waals surface area contributed by atoms with Crippen LogP contribution in [0, 0.1) is 6.92 Å². The van der Waals surface area contributed by atoms with Gasteiger partial charge in [0.2, 0.25) is 15.9 Å². The number of nitrogens with one attached hydrogen (secondary N) is 1. The second-order valence-corrected chi connectivity index (χ2v) is 8.16. The summed E-state index contributed by atoms with van der Waals surface area (Å²) in [4.78, 5) is 24.1. The van der Waals surface area contributed by atoms with E-state index in [1.165, 1.54) is 31.4 Å². The molecular weight excluding hydrogens is 380 g/mol. The fourth-order valence-corrected chi connectivity index (χ4v) is 4.18. The average Bonchev–Trinajstić information content (AvgIpc) is 2.69. The number of hydrogen-bond acceptors (Lipinski definition) is 5. The van der Waals surface area contributed by atoms with Gasteiger partial charge in [-0.25, -0.2) is 13.2 Å². The van der Waals surface area contributed by atoms with E-state index in [4.69, 9.17) is 0 Å². The van der Waals surface area contributed by atoms with Gasteiger partial charge in [0.25, 0.3) is 0 Å². The standard InChI is InChI=1S/C20H24N2O5S/c1-4-12-22(14-19(23)21-18-11-6-5-8-15(18)2)28(25,26)17-10-7-9-16(13-17)20(24)27-3/h5-11,13H,4,12,14H2,1-3H3,(H,21,23). The summed E-state index contributed by atoms with van der Waals surface area (Å²) in [5.41, 5.74) is 1.64. The molecule has 1 amide bonds. The predicted molar refractivity (Wildman–Crippen MR) is 107 cm³/mol. The number of para-hydroxylation sites is 1. The third kappa shape index (κ3) is 5.17. The van der Waals surface area contributed by atoms with Crippen molar-refractivity contribution in [3.8, 4) is 0 Å². The molecule has 7 nitrogen and oxygen atoms in total. The van der Waals surface area contributed by atoms with Gasteiger partial charge in [0.15, 0.2) is 0 Å². The summed E-state index contributed by atoms with van der Waals surface area (Å²) in [5.74, 6) is -1.06. The van der Waals surface area contributed by atoms with Crippen LogP contribution in [0.3, 0.4) is 0 Å². The highest BCUT2D eigenvalue weighted by Crippen LogP contribution is 2.19. The van der Waals surface area contributed by atoms with E-state index in [0.29, 0.717) is 12.1 Å². The van der Waals surface area contributed by atoms with Crippen LogP contribution in [-0.2, 0) is 19.6 Å². The minimum atomic E-state index is -3.96. The molecule has 0 aliphatic heterocycles. The molecule has 0 saturated carbocycles. The molecule has 0 bridgehead atoms. The lowest BCUT2D eigenvalue weighted by Gasteiger charge is -2.21. The summed E-state index contributed by atoms with van der Waals surface area (Å²) in [7, 11) is -2.74. The number of aryl methyl sites for hydroxylation is 1. The number of nitrogens with zero attached hydrogens (tertiary/aromatic N) is 1. The molecule has 28 heavy (non-hydrogen) atoms. The Morgan fingerprint density at radius 3 is 2.46 bits per heavy atom. The lowest BCUT2D eigenvalue weighted by Crippen LogP contribution is -2.38. The molecule has 0 aliphatic carbocycles. The number of carbonyl (C=O) groups is 2. The van der Waals surface area contributed by atoms with Gasteiger partial charge in [0.05, 0.1) is 24.1 Å². The highest BCUT2D eigenvalue weighted by atomic mass is 32.2. The molecule has 0 aromatic heterocycles. The predicted octanol–water partition coefficient (Wildman–Crippen LogP) is 2.82. The maximum atomic E-state index is 13.0. The first-order valence-corrected chi connectivity index (χ1v) is 10.3. The number of sulfonamides is 1. The van der Waals surface area contributed by atoms with E-state index >= 15 is 0 Å². The topological polar surface area (TPSA) is 92.8 Å². The number of methoxy groups -OCH3 is 1. The van der Waals surface area contributed by atoms with Crippen molar-refractivity contribution in [1.82, 2.24) is 4.31 Å². The van der Waals surface area contributed by atoms with Crippen LogP contribution in [0.1, 0.15) is 29.3 Å². The molecule has 0 unspecified atom stereocenters. The third-order valence-electron chi connectivity index (χ3n) is 4.11. The van der Waals surface area contributed by atoms with Crippen molar-refractivity contribution in [1.29, 1.82) is 0 Å². The first-order chi connectivity index (χ1) is 13.3. The van der Waals surface area contributed by atoms with Crippen LogP contribution >= 0.6 is 0 Å². The fourth-order valence-electron chi connectivity index (χ4n) is 2.65. The van der Waals surface area contributed by atoms with E-state index in [2.05, 4.69) is 10.1 Å². The maximum Gasteiger partial charge on any atom is 0.337 e. The zero-order chi connectivity index (χ0) is 20.7. The van der Waals surface area contributed by atoms with Crippen LogP contribution < -0.4 is 5.32 Å². The van der Waals surface area contributed by atoms with Crippen molar-refractivity contribution in [2.45, 2.75) is 25.2 Å². The van der Waals surface area contributed by atoms with Crippen LogP contribution in [-0.4, -0.2) is 44.8 Å². The average molecular weight is 404 g/mol. The summed E-state index contributed by atoms with van der Waals surface area (Å²) in [6.45, 7) is 3.53. The van der Waals surface area contributed by atoms with Gasteiger partial charge in [0.1, 0.15) is 0 Å². The molecule has 0 aliphatic rings. The van der Waals surface area contributed by atoms with Gasteiger partial charge < -0.3 is 10.1 Å². The number of benzene rings is 2. The van der Waals surface area contributed by atoms with Crippen molar-refractivity contribution < 1.29 is 22.7 Å². The molecule has 0 spiro atoms. The number of ether oxygens (including phenoxy) is 1. The molecule has 0 radical (unpaired) electrons. The maximum absolute atomic E-state index is 13.0. The van der Waals surface area contributed by atoms with Crippen LogP contribution in [0.15, 0.2) is 53.4 Å². The first kappa shape index (κ1) is 21.6. The van der Waals surface area contributed by atoms with Gasteiger partial charge in [-0.3, -0.25) is 4.79 Å². The van der Waals surface area contributed by atoms with Crippen LogP contribution in [0.4, 0.5) is 5.69 Å². The quantitative estimate of drug-likeness (QED) is 0.683. The van der Waals surface area contributed by atoms with Gasteiger partial charge in [0, 0.05) is 12.2 Å². The van der Waals surface area contributed by atoms with Gasteiger partial charge in [-0.2, -0.15) is 4.31 Å². The summed E-state index contributed by atoms with van der Waals surface area (Å²) in [6.07, 6.45) is 0.535. The minimum absolute atomic E-state index is 0.0625. The van der Waals surface area contributed by atoms with Crippen molar-refractivity contribution in [2.75, 3.05) is 25.5 Å². The van der Waals surface area contributed by atoms with Crippen molar-refractivity contribution in [2.24, 2.45) is 0 Å². The summed E-state index contributed by atoms with van der Waals surface area (Å²) < 4.78 is 31.8. The van der Waals surface area contributed by atoms with Crippen LogP contribution in [0.2, 0.25) is 0 Å². The largest absolute Gasteiger partial charge is 0.465 e. The van der Waals surface area contributed by atoms with Crippen molar-refractivity contribution in [3.05, 3.63) is 59.7 Å². The molecular formula is C20H24N2O5S. The first-order valence-electron chi connectivity index (χ1n) is 8.83. The molecule has 0 atom stereocenters. The molecule has 0 heterocycles. The third-order valence-corrected chi connectivity index (χ3v) is 5.95. The molecule has 2 aromatic rings. The van der Waals surface area contributed by atoms with Crippen molar-refractivity contribution >= 4 is 27.6 Å². The molecule has 2 aromatic carbocycles. The van der Waals surface area contributed by atoms with E-state index in [0.717, 1.165) is 9.87 Å². The van der Waals surface area contributed by atoms with Gasteiger partial charge in [-0.1, -0.05) is 31.2 Å². The van der Waals surface area contributed by atoms with Crippen LogP contribution in [0.5, 0.6) is 0 Å². The Balaban J connectivity index is 2.25. The Morgan fingerprint density at radius 1 is 1.11 bits per heavy atom.